The zero-order valence-electron chi connectivity index (χ0n) is 16.9. The van der Waals surface area contributed by atoms with Crippen LogP contribution in [0.15, 0.2) is 42.0 Å². The highest BCUT2D eigenvalue weighted by molar-refractivity contribution is 7.14. The quantitative estimate of drug-likeness (QED) is 0.631. The van der Waals surface area contributed by atoms with Crippen LogP contribution in [0.1, 0.15) is 55.1 Å². The molecule has 0 saturated heterocycles. The van der Waals surface area contributed by atoms with Gasteiger partial charge in [-0.25, -0.2) is 4.98 Å². The van der Waals surface area contributed by atoms with Crippen molar-refractivity contribution >= 4 is 22.4 Å². The van der Waals surface area contributed by atoms with Crippen molar-refractivity contribution in [3.8, 4) is 0 Å². The third-order valence-electron chi connectivity index (χ3n) is 4.25. The molecule has 0 aromatic carbocycles. The van der Waals surface area contributed by atoms with Gasteiger partial charge in [-0.15, -0.1) is 11.3 Å². The number of carbonyl (C=O) groups is 1. The van der Waals surface area contributed by atoms with Gasteiger partial charge in [0.05, 0.1) is 11.8 Å². The van der Waals surface area contributed by atoms with E-state index in [1.54, 1.807) is 6.20 Å². The Morgan fingerprint density at radius 3 is 2.86 bits per heavy atom. The summed E-state index contributed by atoms with van der Waals surface area (Å²) in [7, 11) is 0. The molecule has 3 aromatic heterocycles. The van der Waals surface area contributed by atoms with E-state index in [-0.39, 0.29) is 12.0 Å². The van der Waals surface area contributed by atoms with Crippen LogP contribution in [0.3, 0.4) is 0 Å². The maximum Gasteiger partial charge on any atom is 0.274 e. The number of carbonyl (C=O) groups excluding carboxylic acids is 1. The van der Waals surface area contributed by atoms with Crippen molar-refractivity contribution in [2.75, 3.05) is 5.32 Å². The molecule has 0 aliphatic carbocycles. The van der Waals surface area contributed by atoms with Gasteiger partial charge in [-0.1, -0.05) is 0 Å². The van der Waals surface area contributed by atoms with Gasteiger partial charge in [0, 0.05) is 30.0 Å². The molecule has 28 heavy (non-hydrogen) atoms. The highest BCUT2D eigenvalue weighted by atomic mass is 32.1. The second-order valence-corrected chi connectivity index (χ2v) is 8.35. The largest absolute Gasteiger partial charge is 0.367 e. The van der Waals surface area contributed by atoms with Gasteiger partial charge >= 0.3 is 0 Å². The summed E-state index contributed by atoms with van der Waals surface area (Å²) in [6, 6.07) is 7.66. The molecule has 0 spiro atoms. The molecule has 0 atom stereocenters. The fraction of sp³-hybridized carbons (Fsp3) is 0.381. The van der Waals surface area contributed by atoms with Gasteiger partial charge in [0.2, 0.25) is 0 Å². The topological polar surface area (TPSA) is 69.0 Å². The lowest BCUT2D eigenvalue weighted by Crippen LogP contribution is -2.26. The first-order valence-corrected chi connectivity index (χ1v) is 10.1. The minimum atomic E-state index is -0.507. The average Bonchev–Trinajstić information content (AvgIpc) is 3.23. The molecular weight excluding hydrogens is 372 g/mol. The van der Waals surface area contributed by atoms with Crippen LogP contribution in [0.2, 0.25) is 0 Å². The fourth-order valence-corrected chi connectivity index (χ4v) is 3.94. The lowest BCUT2D eigenvalue weighted by molar-refractivity contribution is -0.0623. The van der Waals surface area contributed by atoms with Crippen molar-refractivity contribution in [1.29, 1.82) is 0 Å². The van der Waals surface area contributed by atoms with Gasteiger partial charge in [0.1, 0.15) is 11.3 Å². The van der Waals surface area contributed by atoms with Crippen molar-refractivity contribution in [3.05, 3.63) is 64.7 Å². The number of amides is 1. The van der Waals surface area contributed by atoms with Gasteiger partial charge in [0.25, 0.3) is 5.91 Å². The minimum absolute atomic E-state index is 0.0924. The van der Waals surface area contributed by atoms with Crippen LogP contribution in [-0.2, 0) is 16.9 Å². The number of rotatable bonds is 7. The van der Waals surface area contributed by atoms with Crippen molar-refractivity contribution < 1.29 is 9.53 Å². The third kappa shape index (κ3) is 4.85. The number of aryl methyl sites for hydroxylation is 1. The van der Waals surface area contributed by atoms with Crippen molar-refractivity contribution in [2.45, 2.75) is 52.9 Å². The number of hydrogen-bond donors (Lipinski definition) is 1. The maximum atomic E-state index is 12.8. The van der Waals surface area contributed by atoms with E-state index in [2.05, 4.69) is 15.3 Å². The monoisotopic (exact) mass is 398 g/mol. The van der Waals surface area contributed by atoms with E-state index in [4.69, 9.17) is 4.74 Å². The summed E-state index contributed by atoms with van der Waals surface area (Å²) in [5.41, 5.74) is 2.94. The Morgan fingerprint density at radius 1 is 1.36 bits per heavy atom. The lowest BCUT2D eigenvalue weighted by Gasteiger charge is -2.25. The molecule has 0 bridgehead atoms. The van der Waals surface area contributed by atoms with E-state index in [0.29, 0.717) is 17.4 Å². The van der Waals surface area contributed by atoms with Crippen LogP contribution in [0.4, 0.5) is 5.13 Å². The molecule has 0 aliphatic heterocycles. The molecule has 0 fully saturated rings. The van der Waals surface area contributed by atoms with Gasteiger partial charge < -0.3 is 9.30 Å². The second-order valence-electron chi connectivity index (χ2n) is 7.50. The van der Waals surface area contributed by atoms with Crippen molar-refractivity contribution in [2.24, 2.45) is 0 Å². The molecule has 148 valence electrons. The summed E-state index contributed by atoms with van der Waals surface area (Å²) >= 11 is 1.40. The summed E-state index contributed by atoms with van der Waals surface area (Å²) in [6.45, 7) is 10.5. The molecule has 1 N–H and O–H groups in total. The number of ether oxygens (including phenoxy) is 1. The normalized spacial score (nSPS) is 11.8. The van der Waals surface area contributed by atoms with Gasteiger partial charge in [-0.3, -0.25) is 15.1 Å². The molecule has 1 amide bonds. The highest BCUT2D eigenvalue weighted by Crippen LogP contribution is 2.29. The van der Waals surface area contributed by atoms with Crippen molar-refractivity contribution in [1.82, 2.24) is 14.5 Å². The average molecular weight is 399 g/mol. The van der Waals surface area contributed by atoms with Crippen LogP contribution in [0.5, 0.6) is 0 Å². The molecule has 3 rings (SSSR count). The molecule has 3 aromatic rings. The number of nitrogens with one attached hydrogen (secondary N) is 1. The van der Waals surface area contributed by atoms with Crippen LogP contribution in [0.25, 0.3) is 0 Å². The number of anilines is 1. The lowest BCUT2D eigenvalue weighted by atomic mass is 10.1. The SMILES string of the molecule is Cc1cc(Cn2cccc2C(=O)Nc2nc(C(C)(C)OC(C)C)cs2)ccn1. The second kappa shape index (κ2) is 8.24. The first-order chi connectivity index (χ1) is 13.2. The molecule has 0 radical (unpaired) electrons. The maximum absolute atomic E-state index is 12.8. The Labute approximate surface area is 169 Å². The third-order valence-corrected chi connectivity index (χ3v) is 5.01. The van der Waals surface area contributed by atoms with Crippen molar-refractivity contribution in [3.63, 3.8) is 0 Å². The van der Waals surface area contributed by atoms with Crippen LogP contribution >= 0.6 is 11.3 Å². The fourth-order valence-electron chi connectivity index (χ4n) is 3.08. The number of pyridine rings is 1. The van der Waals surface area contributed by atoms with Crippen LogP contribution < -0.4 is 5.32 Å². The zero-order valence-corrected chi connectivity index (χ0v) is 17.7. The summed E-state index contributed by atoms with van der Waals surface area (Å²) < 4.78 is 7.85. The number of hydrogen-bond acceptors (Lipinski definition) is 5. The molecule has 6 nitrogen and oxygen atoms in total. The predicted molar refractivity (Wildman–Crippen MR) is 112 cm³/mol. The predicted octanol–water partition coefficient (Wildman–Crippen LogP) is 4.61. The Bertz CT molecular complexity index is 959. The molecule has 0 aliphatic rings. The smallest absolute Gasteiger partial charge is 0.274 e. The molecule has 0 saturated carbocycles. The number of nitrogens with zero attached hydrogens (tertiary/aromatic N) is 3. The van der Waals surface area contributed by atoms with E-state index in [1.165, 1.54) is 11.3 Å². The zero-order chi connectivity index (χ0) is 20.3. The summed E-state index contributed by atoms with van der Waals surface area (Å²) in [6.07, 6.45) is 3.78. The summed E-state index contributed by atoms with van der Waals surface area (Å²) in [5.74, 6) is -0.181. The first-order valence-electron chi connectivity index (χ1n) is 9.26. The Balaban J connectivity index is 1.72. The Kier molecular flexibility index (Phi) is 5.96. The number of thiazole rings is 1. The van der Waals surface area contributed by atoms with E-state index < -0.39 is 5.60 Å². The standard InChI is InChI=1S/C21H26N4O2S/c1-14(2)27-21(4,5)18-13-28-20(23-18)24-19(26)17-7-6-10-25(17)12-16-8-9-22-15(3)11-16/h6-11,13-14H,12H2,1-5H3,(H,23,24,26). The molecular formula is C21H26N4O2S. The number of aromatic nitrogens is 3. The van der Waals surface area contributed by atoms with Crippen LogP contribution in [0, 0.1) is 6.92 Å². The summed E-state index contributed by atoms with van der Waals surface area (Å²) in [5, 5.41) is 5.40. The highest BCUT2D eigenvalue weighted by Gasteiger charge is 2.26. The molecule has 7 heteroatoms. The first kappa shape index (κ1) is 20.2. The molecule has 0 unspecified atom stereocenters. The molecule has 3 heterocycles. The van der Waals surface area contributed by atoms with E-state index in [1.807, 2.05) is 75.0 Å². The van der Waals surface area contributed by atoms with Crippen LogP contribution in [-0.4, -0.2) is 26.5 Å². The Hall–Kier alpha value is -2.51. The minimum Gasteiger partial charge on any atom is -0.367 e. The van der Waals surface area contributed by atoms with E-state index in [9.17, 15) is 4.79 Å². The van der Waals surface area contributed by atoms with E-state index in [0.717, 1.165) is 17.0 Å². The van der Waals surface area contributed by atoms with E-state index >= 15 is 0 Å². The summed E-state index contributed by atoms with van der Waals surface area (Å²) in [4.78, 5) is 21.6. The van der Waals surface area contributed by atoms with Gasteiger partial charge in [-0.05, 0) is 64.4 Å². The van der Waals surface area contributed by atoms with Gasteiger partial charge in [0.15, 0.2) is 5.13 Å². The Morgan fingerprint density at radius 2 is 2.14 bits per heavy atom. The van der Waals surface area contributed by atoms with Gasteiger partial charge in [-0.2, -0.15) is 0 Å².